The second-order valence-corrected chi connectivity index (χ2v) is 17.4. The number of halogens is 2. The van der Waals surface area contributed by atoms with Crippen molar-refractivity contribution in [1.29, 1.82) is 0 Å². The van der Waals surface area contributed by atoms with Crippen molar-refractivity contribution in [2.45, 2.75) is 63.8 Å². The van der Waals surface area contributed by atoms with Crippen molar-refractivity contribution < 1.29 is 32.3 Å². The first-order valence-electron chi connectivity index (χ1n) is 18.6. The maximum atomic E-state index is 15.1. The molecule has 3 fully saturated rings. The van der Waals surface area contributed by atoms with Gasteiger partial charge < -0.3 is 19.4 Å². The molecule has 294 valence electrons. The zero-order valence-electron chi connectivity index (χ0n) is 31.4. The van der Waals surface area contributed by atoms with Crippen LogP contribution >= 0.6 is 23.2 Å². The van der Waals surface area contributed by atoms with Gasteiger partial charge in [0.05, 0.1) is 34.9 Å². The van der Waals surface area contributed by atoms with Crippen LogP contribution in [-0.2, 0) is 42.7 Å². The Balaban J connectivity index is 1.28. The molecule has 0 radical (unpaired) electrons. The molecule has 1 N–H and O–H groups in total. The van der Waals surface area contributed by atoms with Gasteiger partial charge >= 0.3 is 5.97 Å². The minimum absolute atomic E-state index is 0.124. The van der Waals surface area contributed by atoms with Gasteiger partial charge in [0.15, 0.2) is 5.78 Å². The fraction of sp³-hybridized carbons (Fsp3) is 0.553. The minimum atomic E-state index is -3.66. The Morgan fingerprint density at radius 1 is 0.926 bits per heavy atom. The number of carbonyl (C=O) groups is 3. The third-order valence-electron chi connectivity index (χ3n) is 10.9. The molecule has 0 bridgehead atoms. The van der Waals surface area contributed by atoms with Gasteiger partial charge in [-0.2, -0.15) is 17.0 Å². The highest BCUT2D eigenvalue weighted by molar-refractivity contribution is 7.86. The van der Waals surface area contributed by atoms with E-state index in [1.165, 1.54) is 22.7 Å². The maximum absolute atomic E-state index is 15.1. The quantitative estimate of drug-likeness (QED) is 0.233. The maximum Gasteiger partial charge on any atom is 0.308 e. The van der Waals surface area contributed by atoms with Gasteiger partial charge in [-0.15, -0.1) is 0 Å². The number of para-hydroxylation sites is 1. The van der Waals surface area contributed by atoms with E-state index in [1.54, 1.807) is 25.3 Å². The number of carbonyl (C=O) groups excluding carboxylic acids is 3. The molecule has 1 aliphatic carbocycles. The zero-order chi connectivity index (χ0) is 38.8. The van der Waals surface area contributed by atoms with Gasteiger partial charge in [-0.25, -0.2) is 0 Å². The lowest BCUT2D eigenvalue weighted by Crippen LogP contribution is -2.71. The van der Waals surface area contributed by atoms with Crippen LogP contribution in [0, 0.1) is 5.92 Å². The average molecular weight is 806 g/mol. The summed E-state index contributed by atoms with van der Waals surface area (Å²) in [6.07, 6.45) is 5.36. The number of aryl methyl sites for hydroxylation is 1. The first-order chi connectivity index (χ1) is 25.8. The molecule has 3 heterocycles. The van der Waals surface area contributed by atoms with Crippen molar-refractivity contribution in [3.63, 3.8) is 0 Å². The number of Topliss-reactive ketones (excluding diaryl/α,β-unsaturated/α-hetero) is 1. The van der Waals surface area contributed by atoms with Gasteiger partial charge in [-0.3, -0.25) is 24.2 Å². The van der Waals surface area contributed by atoms with Gasteiger partial charge in [-0.1, -0.05) is 41.4 Å². The number of hydrogen-bond donors (Lipinski definition) is 1. The third kappa shape index (κ3) is 8.22. The predicted molar refractivity (Wildman–Crippen MR) is 209 cm³/mol. The zero-order valence-corrected chi connectivity index (χ0v) is 33.7. The van der Waals surface area contributed by atoms with Crippen LogP contribution in [0.2, 0.25) is 10.0 Å². The molecule has 54 heavy (non-hydrogen) atoms. The van der Waals surface area contributed by atoms with Crippen molar-refractivity contribution in [2.75, 3.05) is 65.3 Å². The van der Waals surface area contributed by atoms with Crippen LogP contribution in [0.3, 0.4) is 0 Å². The van der Waals surface area contributed by atoms with Crippen LogP contribution in [0.1, 0.15) is 61.4 Å². The third-order valence-corrected chi connectivity index (χ3v) is 13.5. The summed E-state index contributed by atoms with van der Waals surface area (Å²) in [6.45, 7) is 4.24. The molecule has 6 rings (SSSR count). The number of ketones is 1. The molecule has 0 spiro atoms. The van der Waals surface area contributed by atoms with Gasteiger partial charge in [0.25, 0.3) is 16.1 Å². The number of amides is 1. The number of esters is 1. The number of fused-ring (bicyclic) bond motifs is 1. The molecular formula is C38H50Cl2N6O7S. The number of ether oxygens (including phenoxy) is 2. The summed E-state index contributed by atoms with van der Waals surface area (Å²) in [7, 11) is 1.22. The number of piperazine rings is 1. The summed E-state index contributed by atoms with van der Waals surface area (Å²) in [5, 5.41) is 4.18. The predicted octanol–water partition coefficient (Wildman–Crippen LogP) is 5.16. The molecule has 1 unspecified atom stereocenters. The molecule has 2 aliphatic heterocycles. The Kier molecular flexibility index (Phi) is 12.7. The van der Waals surface area contributed by atoms with Gasteiger partial charge in [0.2, 0.25) is 5.85 Å². The van der Waals surface area contributed by atoms with Crippen LogP contribution < -0.4 is 5.32 Å². The molecule has 1 saturated carbocycles. The van der Waals surface area contributed by atoms with Crippen molar-refractivity contribution in [2.24, 2.45) is 13.0 Å². The lowest BCUT2D eigenvalue weighted by molar-refractivity contribution is -0.259. The molecule has 2 saturated heterocycles. The number of hydrogen-bond acceptors (Lipinski definition) is 9. The van der Waals surface area contributed by atoms with Crippen LogP contribution in [0.5, 0.6) is 0 Å². The monoisotopic (exact) mass is 804 g/mol. The highest BCUT2D eigenvalue weighted by atomic mass is 35.5. The van der Waals surface area contributed by atoms with Gasteiger partial charge in [0, 0.05) is 89.0 Å². The first kappa shape index (κ1) is 40.6. The van der Waals surface area contributed by atoms with Crippen molar-refractivity contribution in [3.8, 4) is 0 Å². The van der Waals surface area contributed by atoms with E-state index in [0.29, 0.717) is 62.2 Å². The van der Waals surface area contributed by atoms with E-state index >= 15 is 4.79 Å². The lowest BCUT2D eigenvalue weighted by atomic mass is 9.87. The number of nitrogens with zero attached hydrogens (tertiary/aromatic N) is 5. The van der Waals surface area contributed by atoms with E-state index < -0.39 is 16.1 Å². The number of anilines is 1. The molecule has 2 aromatic carbocycles. The van der Waals surface area contributed by atoms with Crippen LogP contribution in [0.15, 0.2) is 42.6 Å². The summed E-state index contributed by atoms with van der Waals surface area (Å²) in [5.74, 6) is -2.53. The summed E-state index contributed by atoms with van der Waals surface area (Å²) < 4.78 is 43.0. The van der Waals surface area contributed by atoms with Crippen LogP contribution in [-0.4, -0.2) is 121 Å². The second kappa shape index (κ2) is 17.0. The SMILES string of the molecule is CCOC(=O)[C@H]1CC[C@H](OC(C(=O)Cc2cc(Cl)c(NC(=O)c3cn(C)c4ccccc34)cc2Cl)(N2CCCC2)N2CCN(S(=O)(=O)N(C)C)CC2)CC1. The Hall–Kier alpha value is -3.08. The van der Waals surface area contributed by atoms with Gasteiger partial charge in [-0.05, 0) is 69.2 Å². The Labute approximate surface area is 327 Å². The van der Waals surface area contributed by atoms with Crippen LogP contribution in [0.4, 0.5) is 5.69 Å². The molecule has 3 aromatic rings. The van der Waals surface area contributed by atoms with E-state index in [9.17, 15) is 18.0 Å². The summed E-state index contributed by atoms with van der Waals surface area (Å²) in [4.78, 5) is 45.1. The number of benzene rings is 2. The number of rotatable bonds is 13. The Morgan fingerprint density at radius 3 is 2.22 bits per heavy atom. The van der Waals surface area contributed by atoms with E-state index in [2.05, 4.69) is 10.2 Å². The molecule has 1 amide bonds. The van der Waals surface area contributed by atoms with E-state index in [1.807, 2.05) is 40.8 Å². The topological polar surface area (TPSA) is 134 Å². The second-order valence-electron chi connectivity index (χ2n) is 14.5. The smallest absolute Gasteiger partial charge is 0.308 e. The summed E-state index contributed by atoms with van der Waals surface area (Å²) >= 11 is 13.7. The average Bonchev–Trinajstić information content (AvgIpc) is 3.82. The molecule has 1 atom stereocenters. The first-order valence-corrected chi connectivity index (χ1v) is 20.8. The lowest BCUT2D eigenvalue weighted by Gasteiger charge is -2.52. The molecule has 3 aliphatic rings. The Bertz CT molecular complexity index is 1970. The molecule has 16 heteroatoms. The molecular weight excluding hydrogens is 755 g/mol. The van der Waals surface area contributed by atoms with Crippen molar-refractivity contribution in [1.82, 2.24) is 23.0 Å². The van der Waals surface area contributed by atoms with E-state index in [-0.39, 0.29) is 72.3 Å². The molecule has 13 nitrogen and oxygen atoms in total. The molecule has 1 aromatic heterocycles. The number of likely N-dealkylation sites (tertiary alicyclic amines) is 1. The van der Waals surface area contributed by atoms with Crippen LogP contribution in [0.25, 0.3) is 10.9 Å². The van der Waals surface area contributed by atoms with E-state index in [4.69, 9.17) is 32.7 Å². The standard InChI is InChI=1S/C38H50Cl2N6O7S/c1-5-52-37(49)26-12-14-28(15-13-26)53-38(44-16-8-9-17-44,45-18-20-46(21-19-45)54(50,51)42(2)3)35(47)23-27-22-32(40)33(24-31(27)39)41-36(48)30-25-43(4)34-11-7-6-10-29(30)34/h6-7,10-11,22,24-26,28H,5,8-9,12-21,23H2,1-4H3,(H,41,48)/t26-,28-,38?. The van der Waals surface area contributed by atoms with Crippen molar-refractivity contribution >= 4 is 67.7 Å². The fourth-order valence-electron chi connectivity index (χ4n) is 7.97. The Morgan fingerprint density at radius 2 is 1.57 bits per heavy atom. The minimum Gasteiger partial charge on any atom is -0.466 e. The summed E-state index contributed by atoms with van der Waals surface area (Å²) in [5.41, 5.74) is 2.19. The highest BCUT2D eigenvalue weighted by Gasteiger charge is 2.53. The normalized spacial score (nSPS) is 21.7. The van der Waals surface area contributed by atoms with Crippen molar-refractivity contribution in [3.05, 3.63) is 63.8 Å². The fourth-order valence-corrected chi connectivity index (χ4v) is 9.52. The number of aromatic nitrogens is 1. The van der Waals surface area contributed by atoms with E-state index in [0.717, 1.165) is 23.7 Å². The van der Waals surface area contributed by atoms with Gasteiger partial charge in [0.1, 0.15) is 0 Å². The highest BCUT2D eigenvalue weighted by Crippen LogP contribution is 2.38. The number of nitrogens with one attached hydrogen (secondary N) is 1. The summed E-state index contributed by atoms with van der Waals surface area (Å²) in [6, 6.07) is 10.8. The largest absolute Gasteiger partial charge is 0.466 e.